The fourth-order valence-electron chi connectivity index (χ4n) is 9.66. The third-order valence-electron chi connectivity index (χ3n) is 14.7. The summed E-state index contributed by atoms with van der Waals surface area (Å²) in [5.74, 6) is -0.903. The van der Waals surface area contributed by atoms with Gasteiger partial charge in [0, 0.05) is 19.3 Å². The molecule has 6 heteroatoms. The predicted octanol–water partition coefficient (Wildman–Crippen LogP) is 22.9. The zero-order valence-corrected chi connectivity index (χ0v) is 51.2. The van der Waals surface area contributed by atoms with E-state index in [4.69, 9.17) is 14.2 Å². The topological polar surface area (TPSA) is 78.9 Å². The predicted molar refractivity (Wildman–Crippen MR) is 335 cm³/mol. The first kappa shape index (κ1) is 73.8. The average molecular weight is 1080 g/mol. The van der Waals surface area contributed by atoms with Gasteiger partial charge < -0.3 is 14.2 Å². The second kappa shape index (κ2) is 65.4. The minimum atomic E-state index is -0.792. The summed E-state index contributed by atoms with van der Waals surface area (Å²) < 4.78 is 16.9. The van der Waals surface area contributed by atoms with Crippen molar-refractivity contribution < 1.29 is 28.6 Å². The van der Waals surface area contributed by atoms with Crippen LogP contribution < -0.4 is 0 Å². The fourth-order valence-corrected chi connectivity index (χ4v) is 9.66. The van der Waals surface area contributed by atoms with Crippen LogP contribution in [0.4, 0.5) is 0 Å². The SMILES string of the molecule is CC/C=C\C/C=C\C/C=C\C/C=C\CCCCCCC(=O)OC(COC(=O)CCCCCCC/C=C\CCCCCCCC)COC(=O)CCCCCCCCCCCCCCCCC/C=C\CCCCCCCCCC. The normalized spacial score (nSPS) is 12.5. The van der Waals surface area contributed by atoms with Crippen LogP contribution in [0.25, 0.3) is 0 Å². The Kier molecular flexibility index (Phi) is 62.7. The fraction of sp³-hybridized carbons (Fsp3) is 0.789. The van der Waals surface area contributed by atoms with Gasteiger partial charge in [-0.25, -0.2) is 0 Å². The van der Waals surface area contributed by atoms with E-state index in [9.17, 15) is 14.4 Å². The largest absolute Gasteiger partial charge is 0.462 e. The molecule has 0 spiro atoms. The highest BCUT2D eigenvalue weighted by molar-refractivity contribution is 5.71. The lowest BCUT2D eigenvalue weighted by molar-refractivity contribution is -0.167. The summed E-state index contributed by atoms with van der Waals surface area (Å²) >= 11 is 0. The van der Waals surface area contributed by atoms with Crippen LogP contribution in [0.3, 0.4) is 0 Å². The van der Waals surface area contributed by atoms with Crippen LogP contribution in [0.15, 0.2) is 72.9 Å². The van der Waals surface area contributed by atoms with Gasteiger partial charge in [0.1, 0.15) is 13.2 Å². The van der Waals surface area contributed by atoms with Gasteiger partial charge in [-0.15, -0.1) is 0 Å². The lowest BCUT2D eigenvalue weighted by Gasteiger charge is -2.18. The summed E-state index contributed by atoms with van der Waals surface area (Å²) in [7, 11) is 0. The first-order chi connectivity index (χ1) is 38.0. The van der Waals surface area contributed by atoms with Crippen molar-refractivity contribution in [2.24, 2.45) is 0 Å². The van der Waals surface area contributed by atoms with Crippen LogP contribution in [-0.4, -0.2) is 37.2 Å². The van der Waals surface area contributed by atoms with E-state index in [2.05, 4.69) is 93.7 Å². The minimum absolute atomic E-state index is 0.0859. The third-order valence-corrected chi connectivity index (χ3v) is 14.7. The lowest BCUT2D eigenvalue weighted by atomic mass is 10.0. The number of hydrogen-bond donors (Lipinski definition) is 0. The van der Waals surface area contributed by atoms with Gasteiger partial charge in [-0.05, 0) is 109 Å². The Morgan fingerprint density at radius 2 is 0.506 bits per heavy atom. The zero-order valence-electron chi connectivity index (χ0n) is 51.2. The maximum atomic E-state index is 12.9. The second-order valence-corrected chi connectivity index (χ2v) is 22.3. The molecule has 0 bridgehead atoms. The molecule has 0 aliphatic carbocycles. The molecule has 0 aromatic rings. The van der Waals surface area contributed by atoms with Crippen LogP contribution in [-0.2, 0) is 28.6 Å². The summed E-state index contributed by atoms with van der Waals surface area (Å²) in [4.78, 5) is 38.3. The van der Waals surface area contributed by atoms with Crippen molar-refractivity contribution in [1.29, 1.82) is 0 Å². The van der Waals surface area contributed by atoms with Crippen molar-refractivity contribution in [2.75, 3.05) is 13.2 Å². The van der Waals surface area contributed by atoms with Gasteiger partial charge in [-0.3, -0.25) is 14.4 Å². The van der Waals surface area contributed by atoms with Crippen molar-refractivity contribution in [3.05, 3.63) is 72.9 Å². The Balaban J connectivity index is 4.29. The molecule has 0 amide bonds. The molecular formula is C71H126O6. The highest BCUT2D eigenvalue weighted by Crippen LogP contribution is 2.17. The van der Waals surface area contributed by atoms with E-state index in [0.717, 1.165) is 103 Å². The van der Waals surface area contributed by atoms with Crippen LogP contribution in [0.5, 0.6) is 0 Å². The molecule has 0 radical (unpaired) electrons. The maximum Gasteiger partial charge on any atom is 0.306 e. The Morgan fingerprint density at radius 3 is 0.805 bits per heavy atom. The molecule has 6 nitrogen and oxygen atoms in total. The zero-order chi connectivity index (χ0) is 55.7. The smallest absolute Gasteiger partial charge is 0.306 e. The average Bonchev–Trinajstić information content (AvgIpc) is 3.43. The summed E-state index contributed by atoms with van der Waals surface area (Å²) in [6.07, 6.45) is 84.9. The van der Waals surface area contributed by atoms with E-state index in [1.54, 1.807) is 0 Å². The van der Waals surface area contributed by atoms with Gasteiger partial charge in [0.25, 0.3) is 0 Å². The molecule has 0 aliphatic rings. The monoisotopic (exact) mass is 1070 g/mol. The number of unbranched alkanes of at least 4 members (excludes halogenated alkanes) is 38. The van der Waals surface area contributed by atoms with Crippen molar-refractivity contribution in [2.45, 2.75) is 348 Å². The van der Waals surface area contributed by atoms with E-state index in [-0.39, 0.29) is 31.1 Å². The summed E-state index contributed by atoms with van der Waals surface area (Å²) in [6.45, 7) is 6.54. The van der Waals surface area contributed by atoms with E-state index >= 15 is 0 Å². The first-order valence-corrected chi connectivity index (χ1v) is 33.4. The number of hydrogen-bond acceptors (Lipinski definition) is 6. The molecule has 0 aromatic heterocycles. The van der Waals surface area contributed by atoms with Crippen LogP contribution in [0.1, 0.15) is 342 Å². The molecular weight excluding hydrogens is 949 g/mol. The van der Waals surface area contributed by atoms with Gasteiger partial charge in [0.05, 0.1) is 0 Å². The van der Waals surface area contributed by atoms with Crippen LogP contribution >= 0.6 is 0 Å². The maximum absolute atomic E-state index is 12.9. The van der Waals surface area contributed by atoms with Crippen molar-refractivity contribution in [1.82, 2.24) is 0 Å². The van der Waals surface area contributed by atoms with Crippen molar-refractivity contribution in [3.8, 4) is 0 Å². The van der Waals surface area contributed by atoms with Gasteiger partial charge in [0.15, 0.2) is 6.10 Å². The summed E-state index contributed by atoms with van der Waals surface area (Å²) in [6, 6.07) is 0. The number of ether oxygens (including phenoxy) is 3. The quantitative estimate of drug-likeness (QED) is 0.0261. The Hall–Kier alpha value is -3.15. The van der Waals surface area contributed by atoms with Crippen molar-refractivity contribution >= 4 is 17.9 Å². The molecule has 0 fully saturated rings. The van der Waals surface area contributed by atoms with Gasteiger partial charge >= 0.3 is 17.9 Å². The minimum Gasteiger partial charge on any atom is -0.462 e. The Bertz CT molecular complexity index is 1420. The number of allylic oxidation sites excluding steroid dienone is 12. The van der Waals surface area contributed by atoms with Crippen LogP contribution in [0, 0.1) is 0 Å². The lowest BCUT2D eigenvalue weighted by Crippen LogP contribution is -2.30. The van der Waals surface area contributed by atoms with Crippen molar-refractivity contribution in [3.63, 3.8) is 0 Å². The van der Waals surface area contributed by atoms with Gasteiger partial charge in [0.2, 0.25) is 0 Å². The molecule has 0 aromatic carbocycles. The molecule has 0 heterocycles. The number of carbonyl (C=O) groups excluding carboxylic acids is 3. The third kappa shape index (κ3) is 63.6. The number of esters is 3. The van der Waals surface area contributed by atoms with E-state index < -0.39 is 6.10 Å². The van der Waals surface area contributed by atoms with E-state index in [1.807, 2.05) is 0 Å². The highest BCUT2D eigenvalue weighted by atomic mass is 16.6. The van der Waals surface area contributed by atoms with E-state index in [0.29, 0.717) is 19.3 Å². The number of rotatable bonds is 61. The molecule has 1 atom stereocenters. The molecule has 0 aliphatic heterocycles. The standard InChI is InChI=1S/C71H126O6/c1-4-7-10-13-16-19-22-25-28-30-31-32-33-34-35-36-37-38-39-41-43-46-49-52-55-58-61-64-70(73)76-67-68(66-75-69(72)63-60-57-54-51-48-45-42-27-24-21-18-15-12-9-6-3)77-71(74)65-62-59-56-53-50-47-44-40-29-26-23-20-17-14-11-8-5-2/h8,11,17,20,26-27,29-31,42,44,47,68H,4-7,9-10,12-16,18-19,21-25,28,32-41,43,45-46,48-67H2,1-3H3/b11-8-,20-17-,29-26-,31-30-,42-27-,47-44-. The van der Waals surface area contributed by atoms with E-state index in [1.165, 1.54) is 199 Å². The van der Waals surface area contributed by atoms with Gasteiger partial charge in [-0.1, -0.05) is 286 Å². The molecule has 0 saturated heterocycles. The Labute approximate surface area is 478 Å². The van der Waals surface area contributed by atoms with Gasteiger partial charge in [-0.2, -0.15) is 0 Å². The summed E-state index contributed by atoms with van der Waals surface area (Å²) in [5, 5.41) is 0. The first-order valence-electron chi connectivity index (χ1n) is 33.4. The molecule has 0 rings (SSSR count). The molecule has 0 N–H and O–H groups in total. The molecule has 446 valence electrons. The second-order valence-electron chi connectivity index (χ2n) is 22.3. The Morgan fingerprint density at radius 1 is 0.273 bits per heavy atom. The summed E-state index contributed by atoms with van der Waals surface area (Å²) in [5.41, 5.74) is 0. The molecule has 77 heavy (non-hydrogen) atoms. The number of carbonyl (C=O) groups is 3. The molecule has 1 unspecified atom stereocenters. The van der Waals surface area contributed by atoms with Crippen LogP contribution in [0.2, 0.25) is 0 Å². The molecule has 0 saturated carbocycles. The highest BCUT2D eigenvalue weighted by Gasteiger charge is 2.19.